The van der Waals surface area contributed by atoms with Crippen LogP contribution in [0.25, 0.3) is 0 Å². The van der Waals surface area contributed by atoms with Crippen molar-refractivity contribution < 1.29 is 0 Å². The summed E-state index contributed by atoms with van der Waals surface area (Å²) in [4.78, 5) is 2.45. The molecule has 1 saturated carbocycles. The fourth-order valence-electron chi connectivity index (χ4n) is 3.48. The number of benzene rings is 1. The topological polar surface area (TPSA) is 29.3 Å². The van der Waals surface area contributed by atoms with Gasteiger partial charge < -0.3 is 10.6 Å². The van der Waals surface area contributed by atoms with E-state index in [2.05, 4.69) is 43.1 Å². The van der Waals surface area contributed by atoms with E-state index in [1.54, 1.807) is 0 Å². The molecule has 0 bridgehead atoms. The number of nitrogens with two attached hydrogens (primary N) is 1. The standard InChI is InChI=1S/C17H28N2/c1-15-7-6-8-16(11-15)12-19(2)14-17(13-18)9-4-3-5-10-17/h6-8,11H,3-5,9-10,12-14,18H2,1-2H3. The Morgan fingerprint density at radius 2 is 1.95 bits per heavy atom. The van der Waals surface area contributed by atoms with E-state index < -0.39 is 0 Å². The molecule has 0 unspecified atom stereocenters. The lowest BCUT2D eigenvalue weighted by molar-refractivity contribution is 0.124. The number of hydrogen-bond acceptors (Lipinski definition) is 2. The fraction of sp³-hybridized carbons (Fsp3) is 0.647. The van der Waals surface area contributed by atoms with Crippen LogP contribution in [0.2, 0.25) is 0 Å². The van der Waals surface area contributed by atoms with Crippen LogP contribution in [0.5, 0.6) is 0 Å². The van der Waals surface area contributed by atoms with Crippen molar-refractivity contribution in [3.05, 3.63) is 35.4 Å². The molecular formula is C17H28N2. The van der Waals surface area contributed by atoms with E-state index in [9.17, 15) is 0 Å². The summed E-state index contributed by atoms with van der Waals surface area (Å²) in [5.41, 5.74) is 9.20. The fourth-order valence-corrected chi connectivity index (χ4v) is 3.48. The third-order valence-corrected chi connectivity index (χ3v) is 4.49. The highest BCUT2D eigenvalue weighted by molar-refractivity contribution is 5.22. The SMILES string of the molecule is Cc1cccc(CN(C)CC2(CN)CCCCC2)c1. The molecule has 1 aromatic carbocycles. The third-order valence-electron chi connectivity index (χ3n) is 4.49. The summed E-state index contributed by atoms with van der Waals surface area (Å²) in [6, 6.07) is 8.82. The maximum absolute atomic E-state index is 6.08. The summed E-state index contributed by atoms with van der Waals surface area (Å²) in [6.07, 6.45) is 6.72. The molecule has 0 amide bonds. The van der Waals surface area contributed by atoms with E-state index in [0.29, 0.717) is 5.41 Å². The second-order valence-corrected chi connectivity index (χ2v) is 6.43. The van der Waals surface area contributed by atoms with Crippen molar-refractivity contribution in [2.45, 2.75) is 45.6 Å². The molecule has 0 atom stereocenters. The van der Waals surface area contributed by atoms with E-state index in [-0.39, 0.29) is 0 Å². The number of nitrogens with zero attached hydrogens (tertiary/aromatic N) is 1. The van der Waals surface area contributed by atoms with E-state index in [1.807, 2.05) is 0 Å². The number of aryl methyl sites for hydroxylation is 1. The Balaban J connectivity index is 1.94. The molecule has 1 aliphatic rings. The average Bonchev–Trinajstić information content (AvgIpc) is 2.39. The molecular weight excluding hydrogens is 232 g/mol. The lowest BCUT2D eigenvalue weighted by atomic mass is 9.73. The second kappa shape index (κ2) is 6.53. The van der Waals surface area contributed by atoms with Crippen molar-refractivity contribution >= 4 is 0 Å². The van der Waals surface area contributed by atoms with Gasteiger partial charge in [0.25, 0.3) is 0 Å². The maximum atomic E-state index is 6.08. The van der Waals surface area contributed by atoms with Gasteiger partial charge in [-0.2, -0.15) is 0 Å². The predicted octanol–water partition coefficient (Wildman–Crippen LogP) is 3.34. The summed E-state index contributed by atoms with van der Waals surface area (Å²) < 4.78 is 0. The first-order valence-electron chi connectivity index (χ1n) is 7.58. The minimum absolute atomic E-state index is 0.372. The molecule has 0 aromatic heterocycles. The van der Waals surface area contributed by atoms with E-state index >= 15 is 0 Å². The van der Waals surface area contributed by atoms with Crippen LogP contribution in [0.1, 0.15) is 43.2 Å². The van der Waals surface area contributed by atoms with Crippen LogP contribution in [0, 0.1) is 12.3 Å². The van der Waals surface area contributed by atoms with Gasteiger partial charge in [0.2, 0.25) is 0 Å². The summed E-state index contributed by atoms with van der Waals surface area (Å²) >= 11 is 0. The van der Waals surface area contributed by atoms with Crippen molar-refractivity contribution in [1.29, 1.82) is 0 Å². The average molecular weight is 260 g/mol. The highest BCUT2D eigenvalue weighted by atomic mass is 15.1. The minimum Gasteiger partial charge on any atom is -0.330 e. The Morgan fingerprint density at radius 1 is 1.21 bits per heavy atom. The van der Waals surface area contributed by atoms with Crippen LogP contribution >= 0.6 is 0 Å². The highest BCUT2D eigenvalue weighted by Gasteiger charge is 2.31. The lowest BCUT2D eigenvalue weighted by Gasteiger charge is -2.39. The molecule has 2 rings (SSSR count). The van der Waals surface area contributed by atoms with Crippen molar-refractivity contribution in [3.63, 3.8) is 0 Å². The van der Waals surface area contributed by atoms with Crippen LogP contribution in [0.4, 0.5) is 0 Å². The van der Waals surface area contributed by atoms with Crippen LogP contribution in [0.15, 0.2) is 24.3 Å². The highest BCUT2D eigenvalue weighted by Crippen LogP contribution is 2.36. The Morgan fingerprint density at radius 3 is 2.58 bits per heavy atom. The first-order valence-corrected chi connectivity index (χ1v) is 7.58. The maximum Gasteiger partial charge on any atom is 0.0231 e. The molecule has 2 heteroatoms. The molecule has 0 spiro atoms. The van der Waals surface area contributed by atoms with Crippen LogP contribution in [0.3, 0.4) is 0 Å². The van der Waals surface area contributed by atoms with Crippen molar-refractivity contribution in [2.24, 2.45) is 11.1 Å². The molecule has 1 aromatic rings. The van der Waals surface area contributed by atoms with Crippen molar-refractivity contribution in [1.82, 2.24) is 4.90 Å². The largest absolute Gasteiger partial charge is 0.330 e. The summed E-state index contributed by atoms with van der Waals surface area (Å²) in [7, 11) is 2.23. The Labute approximate surface area is 118 Å². The van der Waals surface area contributed by atoms with Gasteiger partial charge in [-0.25, -0.2) is 0 Å². The number of hydrogen-bond donors (Lipinski definition) is 1. The molecule has 0 heterocycles. The zero-order valence-corrected chi connectivity index (χ0v) is 12.5. The summed E-state index contributed by atoms with van der Waals surface area (Å²) in [5.74, 6) is 0. The third kappa shape index (κ3) is 4.05. The molecule has 106 valence electrons. The van der Waals surface area contributed by atoms with Gasteiger partial charge in [-0.15, -0.1) is 0 Å². The van der Waals surface area contributed by atoms with Gasteiger partial charge >= 0.3 is 0 Å². The molecule has 1 aliphatic carbocycles. The molecule has 2 nitrogen and oxygen atoms in total. The summed E-state index contributed by atoms with van der Waals surface area (Å²) in [5, 5.41) is 0. The van der Waals surface area contributed by atoms with Gasteiger partial charge in [0.1, 0.15) is 0 Å². The van der Waals surface area contributed by atoms with Crippen molar-refractivity contribution in [2.75, 3.05) is 20.1 Å². The first-order chi connectivity index (χ1) is 9.13. The van der Waals surface area contributed by atoms with E-state index in [1.165, 1.54) is 43.2 Å². The molecule has 0 saturated heterocycles. The van der Waals surface area contributed by atoms with Gasteiger partial charge in [-0.3, -0.25) is 0 Å². The normalized spacial score (nSPS) is 18.7. The van der Waals surface area contributed by atoms with Gasteiger partial charge in [0.05, 0.1) is 0 Å². The summed E-state index contributed by atoms with van der Waals surface area (Å²) in [6.45, 7) is 5.16. The predicted molar refractivity (Wildman–Crippen MR) is 82.1 cm³/mol. The van der Waals surface area contributed by atoms with Gasteiger partial charge in [-0.1, -0.05) is 49.1 Å². The second-order valence-electron chi connectivity index (χ2n) is 6.43. The lowest BCUT2D eigenvalue weighted by Crippen LogP contribution is -2.42. The van der Waals surface area contributed by atoms with E-state index in [4.69, 9.17) is 5.73 Å². The van der Waals surface area contributed by atoms with Gasteiger partial charge in [-0.05, 0) is 44.3 Å². The van der Waals surface area contributed by atoms with Crippen LogP contribution in [-0.4, -0.2) is 25.0 Å². The monoisotopic (exact) mass is 260 g/mol. The smallest absolute Gasteiger partial charge is 0.0231 e. The Hall–Kier alpha value is -0.860. The Kier molecular flexibility index (Phi) is 5.00. The molecule has 19 heavy (non-hydrogen) atoms. The quantitative estimate of drug-likeness (QED) is 0.880. The molecule has 1 fully saturated rings. The zero-order valence-electron chi connectivity index (χ0n) is 12.5. The van der Waals surface area contributed by atoms with Gasteiger partial charge in [0.15, 0.2) is 0 Å². The minimum atomic E-state index is 0.372. The molecule has 2 N–H and O–H groups in total. The molecule has 0 aliphatic heterocycles. The zero-order chi connectivity index (χ0) is 13.7. The van der Waals surface area contributed by atoms with Crippen LogP contribution in [-0.2, 0) is 6.54 Å². The van der Waals surface area contributed by atoms with Crippen LogP contribution < -0.4 is 5.73 Å². The molecule has 0 radical (unpaired) electrons. The Bertz CT molecular complexity index is 394. The van der Waals surface area contributed by atoms with E-state index in [0.717, 1.165) is 19.6 Å². The van der Waals surface area contributed by atoms with Crippen molar-refractivity contribution in [3.8, 4) is 0 Å². The first kappa shape index (κ1) is 14.5. The number of rotatable bonds is 5. The van der Waals surface area contributed by atoms with Gasteiger partial charge in [0, 0.05) is 13.1 Å².